The summed E-state index contributed by atoms with van der Waals surface area (Å²) in [5.41, 5.74) is 1.06. The van der Waals surface area contributed by atoms with Gasteiger partial charge in [0.2, 0.25) is 0 Å². The highest BCUT2D eigenvalue weighted by atomic mass is 79.9. The molecule has 0 amide bonds. The SMILES string of the molecule is COc1ccc(CC(C)CNCC(F)(F)F)cc1Br. The summed E-state index contributed by atoms with van der Waals surface area (Å²) in [7, 11) is 1.59. The molecule has 1 N–H and O–H groups in total. The lowest BCUT2D eigenvalue weighted by molar-refractivity contribution is -0.125. The molecule has 108 valence electrons. The van der Waals surface area contributed by atoms with Crippen molar-refractivity contribution in [3.05, 3.63) is 28.2 Å². The molecule has 0 aromatic heterocycles. The molecule has 0 bridgehead atoms. The second kappa shape index (κ2) is 7.14. The van der Waals surface area contributed by atoms with E-state index in [1.165, 1.54) is 0 Å². The minimum atomic E-state index is -4.15. The van der Waals surface area contributed by atoms with Gasteiger partial charge < -0.3 is 10.1 Å². The molecule has 0 aliphatic rings. The monoisotopic (exact) mass is 339 g/mol. The fraction of sp³-hybridized carbons (Fsp3) is 0.538. The summed E-state index contributed by atoms with van der Waals surface area (Å²) >= 11 is 3.39. The van der Waals surface area contributed by atoms with E-state index in [9.17, 15) is 13.2 Å². The smallest absolute Gasteiger partial charge is 0.401 e. The summed E-state index contributed by atoms with van der Waals surface area (Å²) in [4.78, 5) is 0. The summed E-state index contributed by atoms with van der Waals surface area (Å²) < 4.78 is 41.9. The first-order valence-electron chi connectivity index (χ1n) is 5.91. The molecule has 1 aromatic rings. The Kier molecular flexibility index (Phi) is 6.13. The Bertz CT molecular complexity index is 409. The van der Waals surface area contributed by atoms with Crippen molar-refractivity contribution in [1.29, 1.82) is 0 Å². The van der Waals surface area contributed by atoms with Crippen LogP contribution in [0.15, 0.2) is 22.7 Å². The fourth-order valence-electron chi connectivity index (χ4n) is 1.77. The van der Waals surface area contributed by atoms with Crippen LogP contribution in [0.1, 0.15) is 12.5 Å². The van der Waals surface area contributed by atoms with Gasteiger partial charge in [-0.3, -0.25) is 0 Å². The molecule has 19 heavy (non-hydrogen) atoms. The third kappa shape index (κ3) is 6.29. The predicted octanol–water partition coefficient (Wildman–Crippen LogP) is 3.79. The Hall–Kier alpha value is -0.750. The molecule has 0 fully saturated rings. The van der Waals surface area contributed by atoms with Gasteiger partial charge in [0.05, 0.1) is 18.1 Å². The van der Waals surface area contributed by atoms with E-state index in [4.69, 9.17) is 4.74 Å². The lowest BCUT2D eigenvalue weighted by Crippen LogP contribution is -2.32. The van der Waals surface area contributed by atoms with Gasteiger partial charge in [-0.15, -0.1) is 0 Å². The molecular weight excluding hydrogens is 323 g/mol. The highest BCUT2D eigenvalue weighted by Crippen LogP contribution is 2.26. The van der Waals surface area contributed by atoms with Crippen molar-refractivity contribution in [2.75, 3.05) is 20.2 Å². The van der Waals surface area contributed by atoms with Gasteiger partial charge in [-0.25, -0.2) is 0 Å². The summed E-state index contributed by atoms with van der Waals surface area (Å²) in [5, 5.41) is 2.42. The Morgan fingerprint density at radius 3 is 2.58 bits per heavy atom. The zero-order chi connectivity index (χ0) is 14.5. The molecule has 0 saturated carbocycles. The Morgan fingerprint density at radius 1 is 1.37 bits per heavy atom. The van der Waals surface area contributed by atoms with Crippen molar-refractivity contribution in [3.8, 4) is 5.75 Å². The van der Waals surface area contributed by atoms with Crippen molar-refractivity contribution < 1.29 is 17.9 Å². The molecule has 1 aromatic carbocycles. The maximum atomic E-state index is 12.0. The number of nitrogens with one attached hydrogen (secondary N) is 1. The van der Waals surface area contributed by atoms with Gasteiger partial charge in [-0.2, -0.15) is 13.2 Å². The number of methoxy groups -OCH3 is 1. The van der Waals surface area contributed by atoms with Crippen LogP contribution in [-0.4, -0.2) is 26.4 Å². The van der Waals surface area contributed by atoms with Crippen LogP contribution in [-0.2, 0) is 6.42 Å². The first-order valence-corrected chi connectivity index (χ1v) is 6.71. The van der Waals surface area contributed by atoms with E-state index in [1.54, 1.807) is 7.11 Å². The van der Waals surface area contributed by atoms with Crippen LogP contribution in [0, 0.1) is 5.92 Å². The van der Waals surface area contributed by atoms with E-state index >= 15 is 0 Å². The van der Waals surface area contributed by atoms with Crippen LogP contribution in [0.4, 0.5) is 13.2 Å². The molecule has 0 heterocycles. The van der Waals surface area contributed by atoms with Crippen LogP contribution in [0.5, 0.6) is 5.75 Å². The number of rotatable bonds is 6. The minimum Gasteiger partial charge on any atom is -0.496 e. The number of ether oxygens (including phenoxy) is 1. The quantitative estimate of drug-likeness (QED) is 0.851. The van der Waals surface area contributed by atoms with E-state index in [2.05, 4.69) is 21.2 Å². The normalized spacial score (nSPS) is 13.4. The second-order valence-electron chi connectivity index (χ2n) is 4.52. The molecular formula is C13H17BrF3NO. The third-order valence-electron chi connectivity index (χ3n) is 2.62. The van der Waals surface area contributed by atoms with Crippen LogP contribution in [0.2, 0.25) is 0 Å². The van der Waals surface area contributed by atoms with Gasteiger partial charge in [0.25, 0.3) is 0 Å². The van der Waals surface area contributed by atoms with E-state index in [0.29, 0.717) is 13.0 Å². The van der Waals surface area contributed by atoms with Crippen LogP contribution in [0.3, 0.4) is 0 Å². The van der Waals surface area contributed by atoms with E-state index in [1.807, 2.05) is 25.1 Å². The van der Waals surface area contributed by atoms with Gasteiger partial charge in [-0.05, 0) is 52.5 Å². The average molecular weight is 340 g/mol. The number of alkyl halides is 3. The topological polar surface area (TPSA) is 21.3 Å². The van der Waals surface area contributed by atoms with Gasteiger partial charge in [-0.1, -0.05) is 13.0 Å². The highest BCUT2D eigenvalue weighted by Gasteiger charge is 2.26. The first kappa shape index (κ1) is 16.3. The third-order valence-corrected chi connectivity index (χ3v) is 3.24. The van der Waals surface area contributed by atoms with E-state index < -0.39 is 12.7 Å². The summed E-state index contributed by atoms with van der Waals surface area (Å²) in [5.74, 6) is 0.870. The molecule has 0 aliphatic heterocycles. The van der Waals surface area contributed by atoms with Crippen molar-refractivity contribution in [2.24, 2.45) is 5.92 Å². The maximum absolute atomic E-state index is 12.0. The molecule has 0 saturated heterocycles. The van der Waals surface area contributed by atoms with Crippen LogP contribution in [0.25, 0.3) is 0 Å². The molecule has 6 heteroatoms. The van der Waals surface area contributed by atoms with Crippen LogP contribution >= 0.6 is 15.9 Å². The predicted molar refractivity (Wildman–Crippen MR) is 72.5 cm³/mol. The molecule has 0 radical (unpaired) electrons. The zero-order valence-corrected chi connectivity index (χ0v) is 12.4. The standard InChI is InChI=1S/C13H17BrF3NO/c1-9(7-18-8-13(15,16)17)5-10-3-4-12(19-2)11(14)6-10/h3-4,6,9,18H,5,7-8H2,1-2H3. The average Bonchev–Trinajstić information content (AvgIpc) is 2.27. The Morgan fingerprint density at radius 2 is 2.05 bits per heavy atom. The number of hydrogen-bond donors (Lipinski definition) is 1. The minimum absolute atomic E-state index is 0.127. The molecule has 0 aliphatic carbocycles. The van der Waals surface area contributed by atoms with Gasteiger partial charge in [0, 0.05) is 0 Å². The molecule has 1 rings (SSSR count). The lowest BCUT2D eigenvalue weighted by Gasteiger charge is -2.14. The summed E-state index contributed by atoms with van der Waals surface area (Å²) in [6.45, 7) is 1.31. The Labute approximate surface area is 119 Å². The summed E-state index contributed by atoms with van der Waals surface area (Å²) in [6.07, 6.45) is -3.43. The van der Waals surface area contributed by atoms with Crippen LogP contribution < -0.4 is 10.1 Å². The maximum Gasteiger partial charge on any atom is 0.401 e. The summed E-state index contributed by atoms with van der Waals surface area (Å²) in [6, 6.07) is 5.69. The van der Waals surface area contributed by atoms with Crippen molar-refractivity contribution in [2.45, 2.75) is 19.5 Å². The molecule has 1 atom stereocenters. The highest BCUT2D eigenvalue weighted by molar-refractivity contribution is 9.10. The lowest BCUT2D eigenvalue weighted by atomic mass is 10.0. The largest absolute Gasteiger partial charge is 0.496 e. The molecule has 1 unspecified atom stereocenters. The van der Waals surface area contributed by atoms with E-state index in [-0.39, 0.29) is 5.92 Å². The fourth-order valence-corrected chi connectivity index (χ4v) is 2.36. The number of halogens is 4. The van der Waals surface area contributed by atoms with Gasteiger partial charge in [0.1, 0.15) is 5.75 Å². The molecule has 2 nitrogen and oxygen atoms in total. The number of hydrogen-bond acceptors (Lipinski definition) is 2. The first-order chi connectivity index (χ1) is 8.81. The zero-order valence-electron chi connectivity index (χ0n) is 10.9. The number of benzene rings is 1. The Balaban J connectivity index is 2.44. The van der Waals surface area contributed by atoms with Crippen molar-refractivity contribution >= 4 is 15.9 Å². The second-order valence-corrected chi connectivity index (χ2v) is 5.38. The molecule has 0 spiro atoms. The van der Waals surface area contributed by atoms with Gasteiger partial charge in [0.15, 0.2) is 0 Å². The van der Waals surface area contributed by atoms with E-state index in [0.717, 1.165) is 15.8 Å². The van der Waals surface area contributed by atoms with Gasteiger partial charge >= 0.3 is 6.18 Å². The van der Waals surface area contributed by atoms with Crippen molar-refractivity contribution in [3.63, 3.8) is 0 Å². The van der Waals surface area contributed by atoms with Crippen molar-refractivity contribution in [1.82, 2.24) is 5.32 Å².